The van der Waals surface area contributed by atoms with Crippen molar-refractivity contribution in [1.29, 1.82) is 0 Å². The van der Waals surface area contributed by atoms with E-state index in [-0.39, 0.29) is 12.0 Å². The maximum Gasteiger partial charge on any atom is 0.257 e. The first-order chi connectivity index (χ1) is 9.24. The molecule has 3 heterocycles. The molecular formula is C12H15N5O2. The molecule has 0 bridgehead atoms. The van der Waals surface area contributed by atoms with Crippen LogP contribution in [0.25, 0.3) is 0 Å². The minimum Gasteiger partial charge on any atom is -0.368 e. The first-order valence-corrected chi connectivity index (χ1v) is 6.13. The molecule has 1 amide bonds. The molecule has 7 nitrogen and oxygen atoms in total. The molecule has 1 saturated heterocycles. The van der Waals surface area contributed by atoms with Crippen molar-refractivity contribution >= 4 is 5.91 Å². The summed E-state index contributed by atoms with van der Waals surface area (Å²) < 4.78 is 7.28. The molecule has 7 heteroatoms. The van der Waals surface area contributed by atoms with Gasteiger partial charge in [-0.15, -0.1) is 0 Å². The van der Waals surface area contributed by atoms with Crippen LogP contribution >= 0.6 is 0 Å². The van der Waals surface area contributed by atoms with E-state index in [1.807, 2.05) is 6.07 Å². The molecule has 2 aromatic rings. The van der Waals surface area contributed by atoms with Gasteiger partial charge >= 0.3 is 0 Å². The third-order valence-electron chi connectivity index (χ3n) is 3.17. The summed E-state index contributed by atoms with van der Waals surface area (Å²) >= 11 is 0. The van der Waals surface area contributed by atoms with Crippen LogP contribution in [0.15, 0.2) is 24.7 Å². The molecule has 0 aliphatic carbocycles. The molecule has 100 valence electrons. The molecule has 19 heavy (non-hydrogen) atoms. The smallest absolute Gasteiger partial charge is 0.257 e. The summed E-state index contributed by atoms with van der Waals surface area (Å²) in [4.78, 5) is 14.1. The Kier molecular flexibility index (Phi) is 3.04. The van der Waals surface area contributed by atoms with Crippen LogP contribution in [0.2, 0.25) is 0 Å². The topological polar surface area (TPSA) is 76.0 Å². The molecular weight excluding hydrogens is 246 g/mol. The van der Waals surface area contributed by atoms with Crippen molar-refractivity contribution < 1.29 is 9.53 Å². The van der Waals surface area contributed by atoms with E-state index in [0.717, 1.165) is 5.69 Å². The van der Waals surface area contributed by atoms with Gasteiger partial charge in [-0.05, 0) is 6.07 Å². The van der Waals surface area contributed by atoms with Crippen molar-refractivity contribution in [2.45, 2.75) is 6.10 Å². The SMILES string of the molecule is Cn1cc(C(=O)N2CCO[C@@H](c3ccn[nH]3)C2)cn1. The van der Waals surface area contributed by atoms with Crippen LogP contribution in [0.4, 0.5) is 0 Å². The molecule has 1 atom stereocenters. The van der Waals surface area contributed by atoms with Gasteiger partial charge in [0.2, 0.25) is 0 Å². The number of hydrogen-bond acceptors (Lipinski definition) is 4. The van der Waals surface area contributed by atoms with Crippen molar-refractivity contribution in [3.05, 3.63) is 35.9 Å². The monoisotopic (exact) mass is 261 g/mol. The van der Waals surface area contributed by atoms with Crippen LogP contribution in [0.5, 0.6) is 0 Å². The van der Waals surface area contributed by atoms with Crippen LogP contribution in [0.1, 0.15) is 22.2 Å². The van der Waals surface area contributed by atoms with E-state index in [1.165, 1.54) is 0 Å². The van der Waals surface area contributed by atoms with Crippen molar-refractivity contribution in [3.8, 4) is 0 Å². The third kappa shape index (κ3) is 2.37. The van der Waals surface area contributed by atoms with Crippen LogP contribution in [0, 0.1) is 0 Å². The Hall–Kier alpha value is -2.15. The summed E-state index contributed by atoms with van der Waals surface area (Å²) in [5.41, 5.74) is 1.50. The minimum atomic E-state index is -0.142. The van der Waals surface area contributed by atoms with Crippen molar-refractivity contribution in [2.24, 2.45) is 7.05 Å². The van der Waals surface area contributed by atoms with Gasteiger partial charge in [0.15, 0.2) is 0 Å². The van der Waals surface area contributed by atoms with Crippen LogP contribution < -0.4 is 0 Å². The first-order valence-electron chi connectivity index (χ1n) is 6.13. The molecule has 0 aromatic carbocycles. The highest BCUT2D eigenvalue weighted by Crippen LogP contribution is 2.21. The summed E-state index contributed by atoms with van der Waals surface area (Å²) in [5.74, 6) is -0.0130. The number of aromatic nitrogens is 4. The lowest BCUT2D eigenvalue weighted by Gasteiger charge is -2.32. The predicted octanol–water partition coefficient (Wildman–Crippen LogP) is 0.357. The van der Waals surface area contributed by atoms with Gasteiger partial charge in [-0.25, -0.2) is 0 Å². The Labute approximate surface area is 110 Å². The molecule has 0 radical (unpaired) electrons. The molecule has 2 aromatic heterocycles. The average molecular weight is 261 g/mol. The van der Waals surface area contributed by atoms with Gasteiger partial charge in [0.1, 0.15) is 6.10 Å². The van der Waals surface area contributed by atoms with Gasteiger partial charge in [0.05, 0.1) is 30.6 Å². The van der Waals surface area contributed by atoms with E-state index in [4.69, 9.17) is 4.74 Å². The van der Waals surface area contributed by atoms with E-state index < -0.39 is 0 Å². The number of rotatable bonds is 2. The van der Waals surface area contributed by atoms with E-state index >= 15 is 0 Å². The van der Waals surface area contributed by atoms with Gasteiger partial charge in [0.25, 0.3) is 5.91 Å². The summed E-state index contributed by atoms with van der Waals surface area (Å²) in [6.07, 6.45) is 4.85. The first kappa shape index (κ1) is 11.9. The van der Waals surface area contributed by atoms with E-state index in [2.05, 4.69) is 15.3 Å². The normalized spacial score (nSPS) is 19.6. The lowest BCUT2D eigenvalue weighted by Crippen LogP contribution is -2.42. The second-order valence-electron chi connectivity index (χ2n) is 4.53. The molecule has 1 N–H and O–H groups in total. The Morgan fingerprint density at radius 1 is 1.58 bits per heavy atom. The van der Waals surface area contributed by atoms with Crippen molar-refractivity contribution in [3.63, 3.8) is 0 Å². The van der Waals surface area contributed by atoms with E-state index in [9.17, 15) is 4.79 Å². The van der Waals surface area contributed by atoms with Gasteiger partial charge in [-0.1, -0.05) is 0 Å². The zero-order valence-electron chi connectivity index (χ0n) is 10.6. The van der Waals surface area contributed by atoms with Gasteiger partial charge < -0.3 is 9.64 Å². The third-order valence-corrected chi connectivity index (χ3v) is 3.17. The predicted molar refractivity (Wildman–Crippen MR) is 66.4 cm³/mol. The number of carbonyl (C=O) groups is 1. The standard InChI is InChI=1S/C12H15N5O2/c1-16-7-9(6-14-16)12(18)17-4-5-19-11(8-17)10-2-3-13-15-10/h2-3,6-7,11H,4-5,8H2,1H3,(H,13,15)/t11-/m1/s1. The Morgan fingerprint density at radius 3 is 3.16 bits per heavy atom. The number of ether oxygens (including phenoxy) is 1. The van der Waals surface area contributed by atoms with Crippen molar-refractivity contribution in [2.75, 3.05) is 19.7 Å². The number of aromatic amines is 1. The number of morpholine rings is 1. The minimum absolute atomic E-state index is 0.0130. The van der Waals surface area contributed by atoms with Crippen LogP contribution in [-0.4, -0.2) is 50.5 Å². The Balaban J connectivity index is 1.73. The fraction of sp³-hybridized carbons (Fsp3) is 0.417. The van der Waals surface area contributed by atoms with Gasteiger partial charge in [-0.2, -0.15) is 10.2 Å². The zero-order valence-corrected chi connectivity index (χ0v) is 10.6. The summed E-state index contributed by atoms with van der Waals surface area (Å²) in [6.45, 7) is 1.64. The molecule has 1 fully saturated rings. The van der Waals surface area contributed by atoms with Gasteiger partial charge in [0, 0.05) is 26.0 Å². The molecule has 1 aliphatic rings. The maximum atomic E-state index is 12.3. The van der Waals surface area contributed by atoms with Crippen LogP contribution in [0.3, 0.4) is 0 Å². The highest BCUT2D eigenvalue weighted by atomic mass is 16.5. The second kappa shape index (κ2) is 4.85. The summed E-state index contributed by atoms with van der Waals surface area (Å²) in [7, 11) is 1.80. The molecule has 0 saturated carbocycles. The van der Waals surface area contributed by atoms with E-state index in [1.54, 1.807) is 35.2 Å². The second-order valence-corrected chi connectivity index (χ2v) is 4.53. The lowest BCUT2D eigenvalue weighted by atomic mass is 10.2. The lowest BCUT2D eigenvalue weighted by molar-refractivity contribution is -0.0247. The average Bonchev–Trinajstić information content (AvgIpc) is 3.09. The number of amides is 1. The number of carbonyl (C=O) groups excluding carboxylic acids is 1. The Bertz CT molecular complexity index is 562. The Morgan fingerprint density at radius 2 is 2.47 bits per heavy atom. The number of H-pyrrole nitrogens is 1. The number of nitrogens with one attached hydrogen (secondary N) is 1. The van der Waals surface area contributed by atoms with E-state index in [0.29, 0.717) is 25.3 Å². The maximum absolute atomic E-state index is 12.3. The van der Waals surface area contributed by atoms with Crippen molar-refractivity contribution in [1.82, 2.24) is 24.9 Å². The number of nitrogens with zero attached hydrogens (tertiary/aromatic N) is 4. The molecule has 0 spiro atoms. The highest BCUT2D eigenvalue weighted by molar-refractivity contribution is 5.93. The number of hydrogen-bond donors (Lipinski definition) is 1. The summed E-state index contributed by atoms with van der Waals surface area (Å²) in [6, 6.07) is 1.86. The molecule has 1 aliphatic heterocycles. The fourth-order valence-corrected chi connectivity index (χ4v) is 2.18. The zero-order chi connectivity index (χ0) is 13.2. The van der Waals surface area contributed by atoms with Crippen LogP contribution in [-0.2, 0) is 11.8 Å². The molecule has 0 unspecified atom stereocenters. The molecule has 3 rings (SSSR count). The number of aryl methyl sites for hydroxylation is 1. The quantitative estimate of drug-likeness (QED) is 0.846. The summed E-state index contributed by atoms with van der Waals surface area (Å²) in [5, 5.41) is 10.8. The highest BCUT2D eigenvalue weighted by Gasteiger charge is 2.27. The fourth-order valence-electron chi connectivity index (χ4n) is 2.18. The largest absolute Gasteiger partial charge is 0.368 e. The van der Waals surface area contributed by atoms with Gasteiger partial charge in [-0.3, -0.25) is 14.6 Å².